The van der Waals surface area contributed by atoms with E-state index in [9.17, 15) is 4.79 Å². The summed E-state index contributed by atoms with van der Waals surface area (Å²) in [5, 5.41) is 0. The van der Waals surface area contributed by atoms with Gasteiger partial charge in [-0.05, 0) is 19.3 Å². The minimum atomic E-state index is -0.218. The monoisotopic (exact) mass is 172 g/mol. The van der Waals surface area contributed by atoms with Gasteiger partial charge in [0.05, 0.1) is 12.7 Å². The van der Waals surface area contributed by atoms with E-state index < -0.39 is 0 Å². The van der Waals surface area contributed by atoms with Crippen molar-refractivity contribution < 1.29 is 14.3 Å². The molecule has 1 aliphatic rings. The van der Waals surface area contributed by atoms with Crippen molar-refractivity contribution in [2.45, 2.75) is 39.4 Å². The SMILES string of the molecule is CC(=O)OC1COC(C)C[C@@H]1C. The van der Waals surface area contributed by atoms with E-state index in [1.807, 2.05) is 6.92 Å². The molecule has 0 spiro atoms. The van der Waals surface area contributed by atoms with Gasteiger partial charge >= 0.3 is 5.97 Å². The second-order valence-corrected chi connectivity index (χ2v) is 3.50. The number of rotatable bonds is 1. The van der Waals surface area contributed by atoms with E-state index in [1.54, 1.807) is 0 Å². The summed E-state index contributed by atoms with van der Waals surface area (Å²) in [5.41, 5.74) is 0. The van der Waals surface area contributed by atoms with Gasteiger partial charge in [-0.25, -0.2) is 0 Å². The molecular formula is C9H16O3. The zero-order chi connectivity index (χ0) is 9.14. The van der Waals surface area contributed by atoms with Crippen LogP contribution in [0.3, 0.4) is 0 Å². The molecular weight excluding hydrogens is 156 g/mol. The van der Waals surface area contributed by atoms with Crippen LogP contribution in [0.5, 0.6) is 0 Å². The number of esters is 1. The van der Waals surface area contributed by atoms with Crippen LogP contribution >= 0.6 is 0 Å². The van der Waals surface area contributed by atoms with Gasteiger partial charge in [-0.15, -0.1) is 0 Å². The third-order valence-corrected chi connectivity index (χ3v) is 2.20. The van der Waals surface area contributed by atoms with E-state index in [4.69, 9.17) is 9.47 Å². The van der Waals surface area contributed by atoms with Crippen molar-refractivity contribution in [1.82, 2.24) is 0 Å². The van der Waals surface area contributed by atoms with E-state index in [2.05, 4.69) is 6.92 Å². The van der Waals surface area contributed by atoms with Crippen LogP contribution in [0, 0.1) is 5.92 Å². The molecule has 0 amide bonds. The molecule has 0 aliphatic carbocycles. The van der Waals surface area contributed by atoms with Crippen LogP contribution in [-0.4, -0.2) is 24.8 Å². The number of hydrogen-bond donors (Lipinski definition) is 0. The van der Waals surface area contributed by atoms with Gasteiger partial charge in [0.2, 0.25) is 0 Å². The molecule has 1 heterocycles. The lowest BCUT2D eigenvalue weighted by Gasteiger charge is -2.31. The highest BCUT2D eigenvalue weighted by atomic mass is 16.6. The molecule has 1 aliphatic heterocycles. The molecule has 0 aromatic rings. The van der Waals surface area contributed by atoms with Gasteiger partial charge in [0, 0.05) is 6.92 Å². The summed E-state index contributed by atoms with van der Waals surface area (Å²) in [6.07, 6.45) is 1.23. The summed E-state index contributed by atoms with van der Waals surface area (Å²) in [7, 11) is 0. The average Bonchev–Trinajstić information content (AvgIpc) is 1.94. The van der Waals surface area contributed by atoms with E-state index >= 15 is 0 Å². The fraction of sp³-hybridized carbons (Fsp3) is 0.889. The maximum Gasteiger partial charge on any atom is 0.302 e. The number of carbonyl (C=O) groups is 1. The Kier molecular flexibility index (Phi) is 3.09. The van der Waals surface area contributed by atoms with Crippen LogP contribution in [0.2, 0.25) is 0 Å². The molecule has 0 saturated carbocycles. The van der Waals surface area contributed by atoms with Gasteiger partial charge in [0.25, 0.3) is 0 Å². The van der Waals surface area contributed by atoms with Crippen LogP contribution in [0.1, 0.15) is 27.2 Å². The Morgan fingerprint density at radius 1 is 1.50 bits per heavy atom. The highest BCUT2D eigenvalue weighted by Crippen LogP contribution is 2.22. The van der Waals surface area contributed by atoms with E-state index in [0.29, 0.717) is 18.6 Å². The lowest BCUT2D eigenvalue weighted by molar-refractivity contribution is -0.161. The molecule has 1 saturated heterocycles. The smallest absolute Gasteiger partial charge is 0.302 e. The molecule has 3 heteroatoms. The molecule has 1 rings (SSSR count). The summed E-state index contributed by atoms with van der Waals surface area (Å²) in [5.74, 6) is 0.197. The molecule has 3 nitrogen and oxygen atoms in total. The minimum Gasteiger partial charge on any atom is -0.460 e. The van der Waals surface area contributed by atoms with Gasteiger partial charge in [-0.1, -0.05) is 6.92 Å². The van der Waals surface area contributed by atoms with E-state index in [-0.39, 0.29) is 12.1 Å². The second kappa shape index (κ2) is 3.90. The molecule has 1 fully saturated rings. The fourth-order valence-electron chi connectivity index (χ4n) is 1.53. The Morgan fingerprint density at radius 3 is 2.67 bits per heavy atom. The predicted molar refractivity (Wildman–Crippen MR) is 44.7 cm³/mol. The molecule has 0 N–H and O–H groups in total. The third kappa shape index (κ3) is 2.48. The maximum atomic E-state index is 10.7. The van der Waals surface area contributed by atoms with Crippen molar-refractivity contribution in [2.75, 3.05) is 6.61 Å². The minimum absolute atomic E-state index is 0.0429. The summed E-state index contributed by atoms with van der Waals surface area (Å²) < 4.78 is 10.5. The zero-order valence-electron chi connectivity index (χ0n) is 7.87. The van der Waals surface area contributed by atoms with Gasteiger partial charge in [-0.2, -0.15) is 0 Å². The third-order valence-electron chi connectivity index (χ3n) is 2.20. The number of hydrogen-bond acceptors (Lipinski definition) is 3. The molecule has 70 valence electrons. The van der Waals surface area contributed by atoms with Crippen molar-refractivity contribution in [3.05, 3.63) is 0 Å². The second-order valence-electron chi connectivity index (χ2n) is 3.50. The molecule has 2 unspecified atom stereocenters. The lowest BCUT2D eigenvalue weighted by Crippen LogP contribution is -2.37. The first-order valence-electron chi connectivity index (χ1n) is 4.38. The van der Waals surface area contributed by atoms with Gasteiger partial charge in [-0.3, -0.25) is 4.79 Å². The van der Waals surface area contributed by atoms with Crippen LogP contribution in [0.25, 0.3) is 0 Å². The van der Waals surface area contributed by atoms with Gasteiger partial charge < -0.3 is 9.47 Å². The van der Waals surface area contributed by atoms with Crippen molar-refractivity contribution in [3.8, 4) is 0 Å². The van der Waals surface area contributed by atoms with E-state index in [0.717, 1.165) is 6.42 Å². The lowest BCUT2D eigenvalue weighted by atomic mass is 9.96. The summed E-state index contributed by atoms with van der Waals surface area (Å²) >= 11 is 0. The summed E-state index contributed by atoms with van der Waals surface area (Å²) in [6.45, 7) is 6.11. The van der Waals surface area contributed by atoms with Gasteiger partial charge in [0.1, 0.15) is 6.10 Å². The highest BCUT2D eigenvalue weighted by molar-refractivity contribution is 5.66. The van der Waals surface area contributed by atoms with Crippen molar-refractivity contribution in [2.24, 2.45) is 5.92 Å². The largest absolute Gasteiger partial charge is 0.460 e. The Bertz CT molecular complexity index is 167. The summed E-state index contributed by atoms with van der Waals surface area (Å²) in [6, 6.07) is 0. The van der Waals surface area contributed by atoms with Crippen LogP contribution in [0.15, 0.2) is 0 Å². The standard InChI is InChI=1S/C9H16O3/c1-6-4-7(2)11-5-9(6)12-8(3)10/h6-7,9H,4-5H2,1-3H3/t6-,7?,9?/m0/s1. The Morgan fingerprint density at radius 2 is 2.17 bits per heavy atom. The van der Waals surface area contributed by atoms with Crippen LogP contribution in [-0.2, 0) is 14.3 Å². The highest BCUT2D eigenvalue weighted by Gasteiger charge is 2.27. The predicted octanol–water partition coefficient (Wildman–Crippen LogP) is 1.36. The first-order valence-corrected chi connectivity index (χ1v) is 4.38. The fourth-order valence-corrected chi connectivity index (χ4v) is 1.53. The normalized spacial score (nSPS) is 36.1. The van der Waals surface area contributed by atoms with E-state index in [1.165, 1.54) is 6.92 Å². The van der Waals surface area contributed by atoms with Gasteiger partial charge in [0.15, 0.2) is 0 Å². The Balaban J connectivity index is 2.39. The maximum absolute atomic E-state index is 10.7. The van der Waals surface area contributed by atoms with Crippen molar-refractivity contribution in [1.29, 1.82) is 0 Å². The molecule has 0 radical (unpaired) electrons. The van der Waals surface area contributed by atoms with Crippen molar-refractivity contribution >= 4 is 5.97 Å². The quantitative estimate of drug-likeness (QED) is 0.560. The molecule has 0 bridgehead atoms. The Labute approximate surface area is 73.0 Å². The summed E-state index contributed by atoms with van der Waals surface area (Å²) in [4.78, 5) is 10.7. The zero-order valence-corrected chi connectivity index (χ0v) is 7.87. The molecule has 3 atom stereocenters. The molecule has 0 aromatic heterocycles. The van der Waals surface area contributed by atoms with Crippen LogP contribution in [0.4, 0.5) is 0 Å². The number of ether oxygens (including phenoxy) is 2. The number of carbonyl (C=O) groups excluding carboxylic acids is 1. The topological polar surface area (TPSA) is 35.5 Å². The first-order chi connectivity index (χ1) is 5.59. The Hall–Kier alpha value is -0.570. The van der Waals surface area contributed by atoms with Crippen molar-refractivity contribution in [3.63, 3.8) is 0 Å². The molecule has 12 heavy (non-hydrogen) atoms. The average molecular weight is 172 g/mol. The molecule has 0 aromatic carbocycles. The van der Waals surface area contributed by atoms with Crippen LogP contribution < -0.4 is 0 Å². The first kappa shape index (κ1) is 9.52.